The average molecular weight is 618 g/mol. The number of hydrogen-bond acceptors (Lipinski definition) is 6. The van der Waals surface area contributed by atoms with E-state index in [0.29, 0.717) is 32.2 Å². The van der Waals surface area contributed by atoms with Crippen molar-refractivity contribution < 1.29 is 28.7 Å². The number of amides is 4. The highest BCUT2D eigenvalue weighted by Gasteiger charge is 2.42. The number of rotatable bonds is 14. The lowest BCUT2D eigenvalue weighted by Gasteiger charge is -2.34. The first kappa shape index (κ1) is 36.4. The Kier molecular flexibility index (Phi) is 18.1. The summed E-state index contributed by atoms with van der Waals surface area (Å²) in [4.78, 5) is 66.2. The molecule has 1 saturated carbocycles. The molecule has 10 nitrogen and oxygen atoms in total. The maximum atomic E-state index is 13.8. The van der Waals surface area contributed by atoms with E-state index in [1.807, 2.05) is 0 Å². The van der Waals surface area contributed by atoms with E-state index in [1.54, 1.807) is 26.0 Å². The van der Waals surface area contributed by atoms with Gasteiger partial charge in [-0.25, -0.2) is 4.79 Å². The Balaban J connectivity index is 0.00000268. The molecule has 1 aliphatic heterocycles. The molecule has 4 amide bonds. The first-order valence-corrected chi connectivity index (χ1v) is 15.4. The number of Topliss-reactive ketones (excluding diaryl/α,β-unsaturated/α-hetero) is 1. The minimum atomic E-state index is -1.03. The van der Waals surface area contributed by atoms with Gasteiger partial charge in [0, 0.05) is 13.1 Å². The molecule has 0 bridgehead atoms. The number of alkyl carbamates (subject to hydrolysis) is 1. The van der Waals surface area contributed by atoms with Gasteiger partial charge in [0.05, 0.1) is 17.5 Å². The van der Waals surface area contributed by atoms with E-state index in [4.69, 9.17) is 27.9 Å². The van der Waals surface area contributed by atoms with Crippen LogP contribution in [0.25, 0.3) is 0 Å². The Morgan fingerprint density at radius 3 is 2.17 bits per heavy atom. The van der Waals surface area contributed by atoms with E-state index in [2.05, 4.69) is 29.1 Å². The zero-order valence-corrected chi connectivity index (χ0v) is 25.8. The second-order valence-corrected chi connectivity index (χ2v) is 11.2. The number of hydrogen-bond donors (Lipinski definition) is 3. The molecule has 0 aromatic carbocycles. The Bertz CT molecular complexity index is 895. The van der Waals surface area contributed by atoms with Gasteiger partial charge in [0.1, 0.15) is 12.1 Å². The van der Waals surface area contributed by atoms with Crippen LogP contribution in [0.4, 0.5) is 4.79 Å². The van der Waals surface area contributed by atoms with E-state index in [-0.39, 0.29) is 36.2 Å². The lowest BCUT2D eigenvalue weighted by molar-refractivity contribution is -0.143. The molecule has 0 aromatic rings. The molecule has 12 heteroatoms. The summed E-state index contributed by atoms with van der Waals surface area (Å²) in [7, 11) is 0. The number of ketones is 1. The Hall–Kier alpha value is -2.59. The van der Waals surface area contributed by atoms with E-state index in [0.717, 1.165) is 32.1 Å². The van der Waals surface area contributed by atoms with Crippen LogP contribution < -0.4 is 16.0 Å². The van der Waals surface area contributed by atoms with Gasteiger partial charge >= 0.3 is 6.09 Å². The van der Waals surface area contributed by atoms with E-state index in [9.17, 15) is 24.0 Å². The summed E-state index contributed by atoms with van der Waals surface area (Å²) < 4.78 is 5.24. The molecule has 0 radical (unpaired) electrons. The second kappa shape index (κ2) is 20.3. The number of alkyl halides is 2. The number of halogens is 2. The highest BCUT2D eigenvalue weighted by Crippen LogP contribution is 2.29. The van der Waals surface area contributed by atoms with Crippen LogP contribution in [0.2, 0.25) is 0 Å². The summed E-state index contributed by atoms with van der Waals surface area (Å²) in [5, 5.41) is 8.22. The normalized spacial score (nSPS) is 18.3. The summed E-state index contributed by atoms with van der Waals surface area (Å²) in [5.74, 6) is -2.35. The third-order valence-electron chi connectivity index (χ3n) is 6.99. The van der Waals surface area contributed by atoms with Gasteiger partial charge in [0.15, 0.2) is 0 Å². The fourth-order valence-electron chi connectivity index (χ4n) is 5.06. The maximum absolute atomic E-state index is 13.8. The summed E-state index contributed by atoms with van der Waals surface area (Å²) in [5.41, 5.74) is 0. The largest absolute Gasteiger partial charge is 0.447 e. The highest BCUT2D eigenvalue weighted by atomic mass is 35.5. The van der Waals surface area contributed by atoms with Crippen LogP contribution in [-0.4, -0.2) is 77.2 Å². The predicted molar refractivity (Wildman–Crippen MR) is 161 cm³/mol. The zero-order chi connectivity index (χ0) is 30.8. The number of likely N-dealkylation sites (tertiary alicyclic amines) is 1. The number of ether oxygens (including phenoxy) is 1. The topological polar surface area (TPSA) is 134 Å². The summed E-state index contributed by atoms with van der Waals surface area (Å²) in [6.07, 6.45) is 9.12. The fourth-order valence-corrected chi connectivity index (χ4v) is 5.06. The molecule has 2 aliphatic rings. The van der Waals surface area contributed by atoms with Crippen LogP contribution in [0.3, 0.4) is 0 Å². The molecule has 3 atom stereocenters. The van der Waals surface area contributed by atoms with Crippen LogP contribution in [0.1, 0.15) is 78.1 Å². The van der Waals surface area contributed by atoms with Gasteiger partial charge in [0.2, 0.25) is 17.6 Å². The Morgan fingerprint density at radius 1 is 0.951 bits per heavy atom. The van der Waals surface area contributed by atoms with Crippen LogP contribution in [-0.2, 0) is 23.9 Å². The monoisotopic (exact) mass is 616 g/mol. The molecule has 2 unspecified atom stereocenters. The number of nitrogens with zero attached hydrogens (tertiary/aromatic N) is 1. The smallest absolute Gasteiger partial charge is 0.408 e. The molecule has 2 fully saturated rings. The van der Waals surface area contributed by atoms with Crippen LogP contribution in [0.15, 0.2) is 25.3 Å². The number of nitrogens with one attached hydrogen (secondary N) is 3. The van der Waals surface area contributed by atoms with Gasteiger partial charge in [0.25, 0.3) is 5.91 Å². The number of carbonyl (C=O) groups excluding carboxylic acids is 5. The molecule has 1 aliphatic carbocycles. The summed E-state index contributed by atoms with van der Waals surface area (Å²) in [6.45, 7) is 11.4. The standard InChI is InChI=1S/C28H44N4O6.CH2Cl2/c1-5-7-15-21(24(33)26(35)29-17-8-6-2)30-25(34)22-16-12-18-32(22)27(36)23(20-13-10-9-11-14-20)31-28(37)38-19(3)4;2-1-3/h5-6,19-23H,1-2,7-18H2,3-4H3,(H,29,35)(H,30,34)(H,31,37);1H2/t21?,22-,23?;/m0./s1. The lowest BCUT2D eigenvalue weighted by atomic mass is 9.83. The van der Waals surface area contributed by atoms with Crippen molar-refractivity contribution >= 4 is 52.8 Å². The van der Waals surface area contributed by atoms with Crippen molar-refractivity contribution in [3.63, 3.8) is 0 Å². The van der Waals surface area contributed by atoms with Gasteiger partial charge in [-0.05, 0) is 64.7 Å². The highest BCUT2D eigenvalue weighted by molar-refractivity contribution is 6.40. The van der Waals surface area contributed by atoms with Crippen LogP contribution in [0.5, 0.6) is 0 Å². The Labute approximate surface area is 254 Å². The van der Waals surface area contributed by atoms with Crippen molar-refractivity contribution in [2.45, 2.75) is 102 Å². The van der Waals surface area contributed by atoms with Gasteiger partial charge in [-0.3, -0.25) is 19.2 Å². The number of allylic oxidation sites excluding steroid dienone is 1. The van der Waals surface area contributed by atoms with Crippen LogP contribution in [0, 0.1) is 5.92 Å². The van der Waals surface area contributed by atoms with Crippen molar-refractivity contribution in [3.8, 4) is 0 Å². The SMILES string of the molecule is C=CCCNC(=O)C(=O)C(CCC=C)NC(=O)[C@@H]1CCCN1C(=O)C(NC(=O)OC(C)C)C1CCCCC1.ClCCl. The molecule has 2 rings (SSSR count). The first-order chi connectivity index (χ1) is 19.6. The van der Waals surface area contributed by atoms with Crippen molar-refractivity contribution in [1.29, 1.82) is 0 Å². The van der Waals surface area contributed by atoms with Crippen molar-refractivity contribution in [2.75, 3.05) is 18.4 Å². The minimum Gasteiger partial charge on any atom is -0.447 e. The molecular weight excluding hydrogens is 571 g/mol. The molecule has 41 heavy (non-hydrogen) atoms. The van der Waals surface area contributed by atoms with Gasteiger partial charge in [-0.2, -0.15) is 0 Å². The molecule has 0 aromatic heterocycles. The number of carbonyl (C=O) groups is 5. The lowest BCUT2D eigenvalue weighted by Crippen LogP contribution is -2.58. The maximum Gasteiger partial charge on any atom is 0.408 e. The third-order valence-corrected chi connectivity index (χ3v) is 6.99. The van der Waals surface area contributed by atoms with E-state index in [1.165, 1.54) is 4.90 Å². The zero-order valence-electron chi connectivity index (χ0n) is 24.3. The Morgan fingerprint density at radius 2 is 1.59 bits per heavy atom. The molecular formula is C29H46Cl2N4O6. The first-order valence-electron chi connectivity index (χ1n) is 14.3. The molecule has 0 spiro atoms. The van der Waals surface area contributed by atoms with Gasteiger partial charge in [-0.15, -0.1) is 36.4 Å². The summed E-state index contributed by atoms with van der Waals surface area (Å²) in [6, 6.07) is -2.61. The average Bonchev–Trinajstić information content (AvgIpc) is 3.44. The molecule has 1 saturated heterocycles. The molecule has 3 N–H and O–H groups in total. The van der Waals surface area contributed by atoms with Crippen molar-refractivity contribution in [3.05, 3.63) is 25.3 Å². The molecule has 232 valence electrons. The fraction of sp³-hybridized carbons (Fsp3) is 0.690. The van der Waals surface area contributed by atoms with Gasteiger partial charge < -0.3 is 25.6 Å². The molecule has 1 heterocycles. The van der Waals surface area contributed by atoms with Crippen molar-refractivity contribution in [2.24, 2.45) is 5.92 Å². The van der Waals surface area contributed by atoms with Gasteiger partial charge in [-0.1, -0.05) is 31.4 Å². The minimum absolute atomic E-state index is 0.0403. The summed E-state index contributed by atoms with van der Waals surface area (Å²) >= 11 is 9.53. The van der Waals surface area contributed by atoms with E-state index < -0.39 is 41.8 Å². The quantitative estimate of drug-likeness (QED) is 0.116. The van der Waals surface area contributed by atoms with Crippen LogP contribution >= 0.6 is 23.2 Å². The third kappa shape index (κ3) is 12.9. The van der Waals surface area contributed by atoms with E-state index >= 15 is 0 Å². The predicted octanol–water partition coefficient (Wildman–Crippen LogP) is 4.19. The van der Waals surface area contributed by atoms with Crippen molar-refractivity contribution in [1.82, 2.24) is 20.9 Å². The second-order valence-electron chi connectivity index (χ2n) is 10.4.